The van der Waals surface area contributed by atoms with Gasteiger partial charge in [0.15, 0.2) is 0 Å². The van der Waals surface area contributed by atoms with Crippen LogP contribution in [-0.4, -0.2) is 17.0 Å². The molecule has 0 saturated heterocycles. The fourth-order valence-electron chi connectivity index (χ4n) is 0.814. The molecule has 1 heterocycles. The van der Waals surface area contributed by atoms with Gasteiger partial charge in [-0.25, -0.2) is 9.97 Å². The van der Waals surface area contributed by atoms with Crippen molar-refractivity contribution in [2.24, 2.45) is 0 Å². The summed E-state index contributed by atoms with van der Waals surface area (Å²) in [6.07, 6.45) is 0. The summed E-state index contributed by atoms with van der Waals surface area (Å²) < 4.78 is 0. The van der Waals surface area contributed by atoms with Crippen LogP contribution >= 0.6 is 11.6 Å². The molecular formula is C7H10ClN3. The lowest BCUT2D eigenvalue weighted by Gasteiger charge is -2.03. The Balaban J connectivity index is 3.21. The molecule has 0 aliphatic rings. The third kappa shape index (κ3) is 1.60. The second-order valence-corrected chi connectivity index (χ2v) is 2.66. The van der Waals surface area contributed by atoms with Crippen LogP contribution < -0.4 is 5.32 Å². The van der Waals surface area contributed by atoms with Crippen molar-refractivity contribution in [2.45, 2.75) is 13.8 Å². The molecule has 1 rings (SSSR count). The zero-order valence-electron chi connectivity index (χ0n) is 6.77. The first-order chi connectivity index (χ1) is 5.15. The normalized spacial score (nSPS) is 9.82. The van der Waals surface area contributed by atoms with Gasteiger partial charge in [0, 0.05) is 7.05 Å². The summed E-state index contributed by atoms with van der Waals surface area (Å²) >= 11 is 5.85. The number of nitrogens with one attached hydrogen (secondary N) is 1. The highest BCUT2D eigenvalue weighted by atomic mass is 35.5. The Hall–Kier alpha value is -0.830. The Morgan fingerprint density at radius 3 is 2.00 bits per heavy atom. The molecule has 0 radical (unpaired) electrons. The van der Waals surface area contributed by atoms with E-state index in [2.05, 4.69) is 15.3 Å². The molecule has 11 heavy (non-hydrogen) atoms. The molecule has 0 bridgehead atoms. The van der Waals surface area contributed by atoms with Crippen LogP contribution in [0.5, 0.6) is 0 Å². The molecule has 4 heteroatoms. The van der Waals surface area contributed by atoms with Gasteiger partial charge in [0.2, 0.25) is 5.95 Å². The lowest BCUT2D eigenvalue weighted by Crippen LogP contribution is -2.00. The monoisotopic (exact) mass is 171 g/mol. The SMILES string of the molecule is CNc1nc(C)c(Cl)c(C)n1. The van der Waals surface area contributed by atoms with Crippen LogP contribution in [0, 0.1) is 13.8 Å². The minimum absolute atomic E-state index is 0.615. The average Bonchev–Trinajstić information content (AvgIpc) is 1.99. The third-order valence-electron chi connectivity index (χ3n) is 1.41. The van der Waals surface area contributed by atoms with Gasteiger partial charge in [0.05, 0.1) is 16.4 Å². The fraction of sp³-hybridized carbons (Fsp3) is 0.429. The molecule has 1 N–H and O–H groups in total. The number of nitrogens with zero attached hydrogens (tertiary/aromatic N) is 2. The summed E-state index contributed by atoms with van der Waals surface area (Å²) in [5, 5.41) is 3.50. The zero-order valence-corrected chi connectivity index (χ0v) is 7.53. The Morgan fingerprint density at radius 2 is 1.64 bits per heavy atom. The number of hydrogen-bond donors (Lipinski definition) is 1. The smallest absolute Gasteiger partial charge is 0.222 e. The van der Waals surface area contributed by atoms with Crippen molar-refractivity contribution in [3.05, 3.63) is 16.4 Å². The van der Waals surface area contributed by atoms with Gasteiger partial charge in [0.25, 0.3) is 0 Å². The lowest BCUT2D eigenvalue weighted by atomic mass is 10.3. The third-order valence-corrected chi connectivity index (χ3v) is 1.95. The molecule has 1 aromatic heterocycles. The fourth-order valence-corrected chi connectivity index (χ4v) is 0.899. The van der Waals surface area contributed by atoms with Gasteiger partial charge >= 0.3 is 0 Å². The van der Waals surface area contributed by atoms with E-state index in [9.17, 15) is 0 Å². The van der Waals surface area contributed by atoms with Crippen molar-refractivity contribution in [2.75, 3.05) is 12.4 Å². The van der Waals surface area contributed by atoms with Gasteiger partial charge in [-0.05, 0) is 13.8 Å². The van der Waals surface area contributed by atoms with Crippen molar-refractivity contribution in [1.29, 1.82) is 0 Å². The van der Waals surface area contributed by atoms with Gasteiger partial charge in [0.1, 0.15) is 0 Å². The maximum absolute atomic E-state index is 5.85. The summed E-state index contributed by atoms with van der Waals surface area (Å²) in [5.74, 6) is 0.615. The largest absolute Gasteiger partial charge is 0.357 e. The number of hydrogen-bond acceptors (Lipinski definition) is 3. The first-order valence-corrected chi connectivity index (χ1v) is 3.71. The van der Waals surface area contributed by atoms with E-state index in [1.807, 2.05) is 13.8 Å². The number of halogens is 1. The van der Waals surface area contributed by atoms with E-state index in [1.54, 1.807) is 7.05 Å². The summed E-state index contributed by atoms with van der Waals surface area (Å²) in [6, 6.07) is 0. The van der Waals surface area contributed by atoms with E-state index in [1.165, 1.54) is 0 Å². The van der Waals surface area contributed by atoms with Gasteiger partial charge in [-0.15, -0.1) is 0 Å². The predicted molar refractivity (Wildman–Crippen MR) is 46.1 cm³/mol. The molecule has 0 amide bonds. The summed E-state index contributed by atoms with van der Waals surface area (Å²) in [7, 11) is 1.78. The standard InChI is InChI=1S/C7H10ClN3/c1-4-6(8)5(2)11-7(9-3)10-4/h1-3H3,(H,9,10,11). The molecule has 0 aliphatic carbocycles. The summed E-state index contributed by atoms with van der Waals surface area (Å²) in [4.78, 5) is 8.20. The Kier molecular flexibility index (Phi) is 2.29. The molecule has 3 nitrogen and oxygen atoms in total. The molecule has 0 spiro atoms. The average molecular weight is 172 g/mol. The highest BCUT2D eigenvalue weighted by molar-refractivity contribution is 6.31. The van der Waals surface area contributed by atoms with Gasteiger partial charge < -0.3 is 5.32 Å². The molecule has 0 aliphatic heterocycles. The number of anilines is 1. The van der Waals surface area contributed by atoms with Crippen LogP contribution in [0.15, 0.2) is 0 Å². The van der Waals surface area contributed by atoms with E-state index in [-0.39, 0.29) is 0 Å². The second-order valence-electron chi connectivity index (χ2n) is 2.28. The van der Waals surface area contributed by atoms with Crippen LogP contribution in [0.1, 0.15) is 11.4 Å². The van der Waals surface area contributed by atoms with Crippen LogP contribution in [0.3, 0.4) is 0 Å². The van der Waals surface area contributed by atoms with Crippen molar-refractivity contribution in [3.8, 4) is 0 Å². The first kappa shape index (κ1) is 8.27. The van der Waals surface area contributed by atoms with Crippen LogP contribution in [0.4, 0.5) is 5.95 Å². The van der Waals surface area contributed by atoms with E-state index in [4.69, 9.17) is 11.6 Å². The maximum Gasteiger partial charge on any atom is 0.222 e. The Morgan fingerprint density at radius 1 is 1.18 bits per heavy atom. The highest BCUT2D eigenvalue weighted by Crippen LogP contribution is 2.17. The second kappa shape index (κ2) is 3.05. The molecule has 0 aromatic carbocycles. The van der Waals surface area contributed by atoms with E-state index >= 15 is 0 Å². The van der Waals surface area contributed by atoms with Crippen molar-refractivity contribution in [1.82, 2.24) is 9.97 Å². The van der Waals surface area contributed by atoms with Crippen molar-refractivity contribution >= 4 is 17.5 Å². The summed E-state index contributed by atoms with van der Waals surface area (Å²) in [6.45, 7) is 3.72. The minimum atomic E-state index is 0.615. The molecule has 0 unspecified atom stereocenters. The molecule has 0 atom stereocenters. The Bertz CT molecular complexity index is 249. The number of rotatable bonds is 1. The Labute approximate surface area is 70.8 Å². The van der Waals surface area contributed by atoms with Crippen LogP contribution in [-0.2, 0) is 0 Å². The van der Waals surface area contributed by atoms with Gasteiger partial charge in [-0.3, -0.25) is 0 Å². The molecular weight excluding hydrogens is 162 g/mol. The topological polar surface area (TPSA) is 37.8 Å². The minimum Gasteiger partial charge on any atom is -0.357 e. The van der Waals surface area contributed by atoms with Crippen LogP contribution in [0.25, 0.3) is 0 Å². The zero-order chi connectivity index (χ0) is 8.43. The predicted octanol–water partition coefficient (Wildman–Crippen LogP) is 1.79. The quantitative estimate of drug-likeness (QED) is 0.700. The van der Waals surface area contributed by atoms with Crippen LogP contribution in [0.2, 0.25) is 5.02 Å². The molecule has 0 fully saturated rings. The maximum atomic E-state index is 5.85. The van der Waals surface area contributed by atoms with Crippen molar-refractivity contribution < 1.29 is 0 Å². The van der Waals surface area contributed by atoms with E-state index in [0.717, 1.165) is 11.4 Å². The highest BCUT2D eigenvalue weighted by Gasteiger charge is 2.03. The van der Waals surface area contributed by atoms with E-state index < -0.39 is 0 Å². The molecule has 60 valence electrons. The van der Waals surface area contributed by atoms with Gasteiger partial charge in [-0.2, -0.15) is 0 Å². The van der Waals surface area contributed by atoms with Gasteiger partial charge in [-0.1, -0.05) is 11.6 Å². The summed E-state index contributed by atoms with van der Waals surface area (Å²) in [5.41, 5.74) is 1.62. The lowest BCUT2D eigenvalue weighted by molar-refractivity contribution is 1.05. The van der Waals surface area contributed by atoms with E-state index in [0.29, 0.717) is 11.0 Å². The number of aromatic nitrogens is 2. The molecule has 0 saturated carbocycles. The van der Waals surface area contributed by atoms with Crippen molar-refractivity contribution in [3.63, 3.8) is 0 Å². The number of aryl methyl sites for hydroxylation is 2. The molecule has 1 aromatic rings. The first-order valence-electron chi connectivity index (χ1n) is 3.33.